The molecule has 1 saturated heterocycles. The topological polar surface area (TPSA) is 68.8 Å². The molecule has 7 heteroatoms. The fraction of sp³-hybridized carbons (Fsp3) is 0.905. The number of halogens is 1. The molecule has 1 aliphatic heterocycles. The summed E-state index contributed by atoms with van der Waals surface area (Å²) in [7, 11) is 1.84. The summed E-state index contributed by atoms with van der Waals surface area (Å²) in [6.45, 7) is 6.92. The van der Waals surface area contributed by atoms with Crippen LogP contribution in [0.5, 0.6) is 0 Å². The molecule has 3 N–H and O–H groups in total. The number of carbonyl (C=O) groups is 1. The molecule has 162 valence electrons. The fourth-order valence-electron chi connectivity index (χ4n) is 4.48. The summed E-state index contributed by atoms with van der Waals surface area (Å²) in [4.78, 5) is 19.3. The molecule has 0 aromatic heterocycles. The molecule has 0 aromatic carbocycles. The number of carbonyl (C=O) groups excluding carboxylic acids is 1. The van der Waals surface area contributed by atoms with Gasteiger partial charge in [-0.15, -0.1) is 24.0 Å². The van der Waals surface area contributed by atoms with E-state index in [9.17, 15) is 4.79 Å². The first-order chi connectivity index (χ1) is 13.2. The molecular weight excluding hydrogens is 465 g/mol. The van der Waals surface area contributed by atoms with Gasteiger partial charge in [-0.25, -0.2) is 0 Å². The van der Waals surface area contributed by atoms with Gasteiger partial charge >= 0.3 is 0 Å². The van der Waals surface area contributed by atoms with E-state index in [1.807, 2.05) is 7.05 Å². The Hall–Kier alpha value is -0.570. The molecule has 0 radical (unpaired) electrons. The average molecular weight is 505 g/mol. The first kappa shape index (κ1) is 23.7. The van der Waals surface area contributed by atoms with Crippen molar-refractivity contribution in [1.29, 1.82) is 0 Å². The zero-order chi connectivity index (χ0) is 19.1. The molecule has 2 atom stereocenters. The fourth-order valence-corrected chi connectivity index (χ4v) is 4.48. The lowest BCUT2D eigenvalue weighted by molar-refractivity contribution is -0.126. The van der Waals surface area contributed by atoms with Gasteiger partial charge in [0.2, 0.25) is 5.91 Å². The standard InChI is InChI=1S/C21H39N5O.HI/c1-3-26-13-10-16(11-14-26)9-12-23-21(22-2)25-19-6-4-5-17(15-19)20(27)24-18-7-8-18;/h16-19H,3-15H2,1-2H3,(H,24,27)(H2,22,23,25);1H. The molecule has 3 fully saturated rings. The first-order valence-electron chi connectivity index (χ1n) is 11.2. The van der Waals surface area contributed by atoms with E-state index in [0.29, 0.717) is 12.1 Å². The second-order valence-corrected chi connectivity index (χ2v) is 8.65. The summed E-state index contributed by atoms with van der Waals surface area (Å²) >= 11 is 0. The van der Waals surface area contributed by atoms with E-state index in [2.05, 4.69) is 32.8 Å². The highest BCUT2D eigenvalue weighted by Crippen LogP contribution is 2.26. The van der Waals surface area contributed by atoms with Crippen molar-refractivity contribution in [3.05, 3.63) is 0 Å². The van der Waals surface area contributed by atoms with Crippen LogP contribution in [0.3, 0.4) is 0 Å². The lowest BCUT2D eigenvalue weighted by atomic mass is 9.85. The van der Waals surface area contributed by atoms with Crippen LogP contribution in [0.25, 0.3) is 0 Å². The van der Waals surface area contributed by atoms with Gasteiger partial charge in [-0.05, 0) is 76.9 Å². The number of amides is 1. The summed E-state index contributed by atoms with van der Waals surface area (Å²) in [5.74, 6) is 2.17. The van der Waals surface area contributed by atoms with Gasteiger partial charge in [0, 0.05) is 31.6 Å². The summed E-state index contributed by atoms with van der Waals surface area (Å²) in [5.41, 5.74) is 0. The summed E-state index contributed by atoms with van der Waals surface area (Å²) < 4.78 is 0. The zero-order valence-corrected chi connectivity index (χ0v) is 20.0. The van der Waals surface area contributed by atoms with Crippen LogP contribution in [0, 0.1) is 11.8 Å². The molecule has 3 aliphatic rings. The number of guanidine groups is 1. The zero-order valence-electron chi connectivity index (χ0n) is 17.7. The smallest absolute Gasteiger partial charge is 0.223 e. The summed E-state index contributed by atoms with van der Waals surface area (Å²) in [6.07, 6.45) is 10.4. The normalized spacial score (nSPS) is 27.0. The molecule has 0 spiro atoms. The van der Waals surface area contributed by atoms with Gasteiger partial charge in [0.1, 0.15) is 0 Å². The Bertz CT molecular complexity index is 503. The number of piperidine rings is 1. The van der Waals surface area contributed by atoms with Gasteiger partial charge in [0.25, 0.3) is 0 Å². The quantitative estimate of drug-likeness (QED) is 0.283. The Morgan fingerprint density at radius 1 is 1.04 bits per heavy atom. The largest absolute Gasteiger partial charge is 0.356 e. The summed E-state index contributed by atoms with van der Waals surface area (Å²) in [5, 5.41) is 10.2. The van der Waals surface area contributed by atoms with Crippen molar-refractivity contribution in [1.82, 2.24) is 20.9 Å². The minimum atomic E-state index is 0. The molecule has 0 aromatic rings. The van der Waals surface area contributed by atoms with Gasteiger partial charge in [-0.3, -0.25) is 9.79 Å². The predicted molar refractivity (Wildman–Crippen MR) is 126 cm³/mol. The molecule has 28 heavy (non-hydrogen) atoms. The molecule has 3 rings (SSSR count). The van der Waals surface area contributed by atoms with Gasteiger partial charge in [-0.1, -0.05) is 13.3 Å². The van der Waals surface area contributed by atoms with E-state index in [1.54, 1.807) is 0 Å². The van der Waals surface area contributed by atoms with Crippen LogP contribution in [0.1, 0.15) is 64.7 Å². The second kappa shape index (κ2) is 12.2. The van der Waals surface area contributed by atoms with Crippen molar-refractivity contribution in [2.24, 2.45) is 16.8 Å². The highest BCUT2D eigenvalue weighted by Gasteiger charge is 2.31. The van der Waals surface area contributed by atoms with Gasteiger partial charge in [-0.2, -0.15) is 0 Å². The van der Waals surface area contributed by atoms with Crippen LogP contribution in [0.4, 0.5) is 0 Å². The minimum Gasteiger partial charge on any atom is -0.356 e. The monoisotopic (exact) mass is 505 g/mol. The predicted octanol–water partition coefficient (Wildman–Crippen LogP) is 2.73. The molecule has 2 aliphatic carbocycles. The van der Waals surface area contributed by atoms with E-state index in [4.69, 9.17) is 0 Å². The SMILES string of the molecule is CCN1CCC(CCNC(=NC)NC2CCCC(C(=O)NC3CC3)C2)CC1.I. The number of hydrogen-bond donors (Lipinski definition) is 3. The van der Waals surface area contributed by atoms with Gasteiger partial charge in [0.15, 0.2) is 5.96 Å². The van der Waals surface area contributed by atoms with Crippen molar-refractivity contribution in [3.63, 3.8) is 0 Å². The second-order valence-electron chi connectivity index (χ2n) is 8.65. The number of hydrogen-bond acceptors (Lipinski definition) is 3. The van der Waals surface area contributed by atoms with E-state index >= 15 is 0 Å². The Morgan fingerprint density at radius 2 is 1.79 bits per heavy atom. The Morgan fingerprint density at radius 3 is 2.43 bits per heavy atom. The van der Waals surface area contributed by atoms with Crippen molar-refractivity contribution in [2.45, 2.75) is 76.8 Å². The van der Waals surface area contributed by atoms with Crippen molar-refractivity contribution >= 4 is 35.8 Å². The van der Waals surface area contributed by atoms with E-state index in [1.165, 1.54) is 38.9 Å². The molecule has 1 heterocycles. The number of rotatable bonds is 7. The number of aliphatic imine (C=N–C) groups is 1. The lowest BCUT2D eigenvalue weighted by Crippen LogP contribution is -2.47. The van der Waals surface area contributed by atoms with Crippen LogP contribution >= 0.6 is 24.0 Å². The Labute approximate surface area is 188 Å². The van der Waals surface area contributed by atoms with Crippen molar-refractivity contribution in [2.75, 3.05) is 33.2 Å². The van der Waals surface area contributed by atoms with Gasteiger partial charge < -0.3 is 20.9 Å². The molecule has 2 unspecified atom stereocenters. The van der Waals surface area contributed by atoms with Crippen molar-refractivity contribution in [3.8, 4) is 0 Å². The van der Waals surface area contributed by atoms with E-state index in [-0.39, 0.29) is 35.8 Å². The maximum atomic E-state index is 12.4. The third-order valence-corrected chi connectivity index (χ3v) is 6.53. The number of nitrogens with zero attached hydrogens (tertiary/aromatic N) is 2. The van der Waals surface area contributed by atoms with E-state index in [0.717, 1.165) is 56.9 Å². The minimum absolute atomic E-state index is 0. The average Bonchev–Trinajstić information content (AvgIpc) is 3.52. The highest BCUT2D eigenvalue weighted by atomic mass is 127. The third-order valence-electron chi connectivity index (χ3n) is 6.53. The van der Waals surface area contributed by atoms with Gasteiger partial charge in [0.05, 0.1) is 0 Å². The van der Waals surface area contributed by atoms with Crippen LogP contribution in [-0.4, -0.2) is 62.1 Å². The number of nitrogens with one attached hydrogen (secondary N) is 3. The van der Waals surface area contributed by atoms with Crippen LogP contribution in [0.15, 0.2) is 4.99 Å². The van der Waals surface area contributed by atoms with Crippen LogP contribution in [-0.2, 0) is 4.79 Å². The molecule has 6 nitrogen and oxygen atoms in total. The molecule has 0 bridgehead atoms. The molecule has 2 saturated carbocycles. The molecular formula is C21H40IN5O. The maximum absolute atomic E-state index is 12.4. The van der Waals surface area contributed by atoms with Crippen molar-refractivity contribution < 1.29 is 4.79 Å². The maximum Gasteiger partial charge on any atom is 0.223 e. The summed E-state index contributed by atoms with van der Waals surface area (Å²) in [6, 6.07) is 0.817. The van der Waals surface area contributed by atoms with E-state index < -0.39 is 0 Å². The number of likely N-dealkylation sites (tertiary alicyclic amines) is 1. The van der Waals surface area contributed by atoms with Crippen LogP contribution < -0.4 is 16.0 Å². The first-order valence-corrected chi connectivity index (χ1v) is 11.2. The Balaban J connectivity index is 0.00000280. The lowest BCUT2D eigenvalue weighted by Gasteiger charge is -2.32. The van der Waals surface area contributed by atoms with Crippen LogP contribution in [0.2, 0.25) is 0 Å². The molecule has 1 amide bonds. The Kier molecular flexibility index (Phi) is 10.3. The third kappa shape index (κ3) is 7.69. The highest BCUT2D eigenvalue weighted by molar-refractivity contribution is 14.0.